The summed E-state index contributed by atoms with van der Waals surface area (Å²) in [6.45, 7) is 3.03. The summed E-state index contributed by atoms with van der Waals surface area (Å²) in [5, 5.41) is 7.59. The Kier molecular flexibility index (Phi) is 3.05. The first kappa shape index (κ1) is 10.2. The molecule has 2 N–H and O–H groups in total. The third kappa shape index (κ3) is 2.04. The third-order valence-corrected chi connectivity index (χ3v) is 3.01. The van der Waals surface area contributed by atoms with Gasteiger partial charge in [-0.2, -0.15) is 11.8 Å². The molecule has 15 heavy (non-hydrogen) atoms. The molecule has 80 valence electrons. The van der Waals surface area contributed by atoms with Crippen molar-refractivity contribution in [2.24, 2.45) is 0 Å². The van der Waals surface area contributed by atoms with Gasteiger partial charge in [0.2, 0.25) is 0 Å². The number of thioether (sulfide) groups is 1. The van der Waals surface area contributed by atoms with Crippen molar-refractivity contribution in [1.29, 1.82) is 5.41 Å². The van der Waals surface area contributed by atoms with E-state index in [1.807, 2.05) is 16.3 Å². The summed E-state index contributed by atoms with van der Waals surface area (Å²) in [5.41, 5.74) is 1.77. The SMILES string of the molecule is CCSCCn1cnc(=N)c2[nH]cnc21. The Labute approximate surface area is 91.5 Å². The van der Waals surface area contributed by atoms with Crippen LogP contribution in [-0.4, -0.2) is 31.0 Å². The minimum Gasteiger partial charge on any atom is -0.340 e. The number of rotatable bonds is 4. The van der Waals surface area contributed by atoms with Gasteiger partial charge < -0.3 is 9.55 Å². The lowest BCUT2D eigenvalue weighted by Crippen LogP contribution is -2.13. The summed E-state index contributed by atoms with van der Waals surface area (Å²) in [7, 11) is 0. The summed E-state index contributed by atoms with van der Waals surface area (Å²) in [6.07, 6.45) is 3.29. The number of hydrogen-bond acceptors (Lipinski definition) is 4. The molecular formula is C9H13N5S. The van der Waals surface area contributed by atoms with Crippen LogP contribution in [0.25, 0.3) is 11.2 Å². The second-order valence-electron chi connectivity index (χ2n) is 3.08. The third-order valence-electron chi connectivity index (χ3n) is 2.14. The number of imidazole rings is 1. The van der Waals surface area contributed by atoms with E-state index in [-0.39, 0.29) is 5.49 Å². The van der Waals surface area contributed by atoms with Gasteiger partial charge in [-0.1, -0.05) is 6.92 Å². The maximum Gasteiger partial charge on any atom is 0.173 e. The van der Waals surface area contributed by atoms with E-state index in [4.69, 9.17) is 5.41 Å². The topological polar surface area (TPSA) is 70.3 Å². The molecule has 0 bridgehead atoms. The summed E-state index contributed by atoms with van der Waals surface area (Å²) < 4.78 is 1.98. The zero-order valence-corrected chi connectivity index (χ0v) is 9.34. The van der Waals surface area contributed by atoms with E-state index in [9.17, 15) is 0 Å². The number of fused-ring (bicyclic) bond motifs is 1. The van der Waals surface area contributed by atoms with Crippen molar-refractivity contribution in [3.05, 3.63) is 18.1 Å². The Hall–Kier alpha value is -1.30. The lowest BCUT2D eigenvalue weighted by molar-refractivity contribution is 0.760. The summed E-state index contributed by atoms with van der Waals surface area (Å²) >= 11 is 1.88. The van der Waals surface area contributed by atoms with E-state index in [0.717, 1.165) is 23.7 Å². The van der Waals surface area contributed by atoms with Gasteiger partial charge in [0, 0.05) is 12.3 Å². The van der Waals surface area contributed by atoms with Crippen LogP contribution in [0, 0.1) is 5.41 Å². The van der Waals surface area contributed by atoms with E-state index in [0.29, 0.717) is 5.52 Å². The minimum atomic E-state index is 0.252. The number of aromatic nitrogens is 4. The van der Waals surface area contributed by atoms with Gasteiger partial charge in [-0.05, 0) is 5.75 Å². The predicted octanol–water partition coefficient (Wildman–Crippen LogP) is 0.992. The van der Waals surface area contributed by atoms with Crippen molar-refractivity contribution in [3.8, 4) is 0 Å². The average molecular weight is 223 g/mol. The van der Waals surface area contributed by atoms with Gasteiger partial charge in [0.05, 0.1) is 12.7 Å². The van der Waals surface area contributed by atoms with Gasteiger partial charge in [-0.15, -0.1) is 0 Å². The van der Waals surface area contributed by atoms with Gasteiger partial charge in [-0.25, -0.2) is 9.97 Å². The zero-order chi connectivity index (χ0) is 10.7. The molecule has 0 radical (unpaired) electrons. The summed E-state index contributed by atoms with van der Waals surface area (Å²) in [5.74, 6) is 2.16. The highest BCUT2D eigenvalue weighted by Crippen LogP contribution is 2.05. The van der Waals surface area contributed by atoms with Crippen molar-refractivity contribution in [2.45, 2.75) is 13.5 Å². The maximum atomic E-state index is 7.59. The number of aryl methyl sites for hydroxylation is 1. The molecule has 0 saturated heterocycles. The molecule has 0 fully saturated rings. The van der Waals surface area contributed by atoms with Crippen LogP contribution in [0.3, 0.4) is 0 Å². The molecule has 2 aromatic heterocycles. The molecule has 6 heteroatoms. The van der Waals surface area contributed by atoms with Crippen LogP contribution in [0.5, 0.6) is 0 Å². The molecule has 0 atom stereocenters. The number of H-pyrrole nitrogens is 1. The molecule has 0 unspecified atom stereocenters. The first-order valence-electron chi connectivity index (χ1n) is 4.83. The number of nitrogens with one attached hydrogen (secondary N) is 2. The van der Waals surface area contributed by atoms with Crippen LogP contribution < -0.4 is 5.49 Å². The Bertz CT molecular complexity index is 500. The van der Waals surface area contributed by atoms with Crippen molar-refractivity contribution in [1.82, 2.24) is 19.5 Å². The first-order chi connectivity index (χ1) is 7.33. The molecule has 2 aromatic rings. The molecule has 2 rings (SSSR count). The Morgan fingerprint density at radius 3 is 3.20 bits per heavy atom. The Balaban J connectivity index is 2.31. The molecule has 0 aliphatic rings. The van der Waals surface area contributed by atoms with Crippen LogP contribution in [0.4, 0.5) is 0 Å². The number of aromatic amines is 1. The lowest BCUT2D eigenvalue weighted by Gasteiger charge is -2.05. The average Bonchev–Trinajstić information content (AvgIpc) is 2.71. The predicted molar refractivity (Wildman–Crippen MR) is 60.7 cm³/mol. The molecule has 0 aliphatic heterocycles. The van der Waals surface area contributed by atoms with Crippen LogP contribution in [0.15, 0.2) is 12.7 Å². The van der Waals surface area contributed by atoms with Gasteiger partial charge in [0.1, 0.15) is 5.52 Å². The largest absolute Gasteiger partial charge is 0.340 e. The first-order valence-corrected chi connectivity index (χ1v) is 5.99. The van der Waals surface area contributed by atoms with Crippen molar-refractivity contribution >= 4 is 22.9 Å². The normalized spacial score (nSPS) is 11.0. The quantitative estimate of drug-likeness (QED) is 0.759. The standard InChI is InChI=1S/C9H13N5S/c1-2-15-4-3-14-6-13-8(10)7-9(14)12-5-11-7/h5-6,10H,2-4H2,1H3,(H,11,12). The number of hydrogen-bond donors (Lipinski definition) is 2. The van der Waals surface area contributed by atoms with Gasteiger partial charge in [0.25, 0.3) is 0 Å². The van der Waals surface area contributed by atoms with E-state index >= 15 is 0 Å². The lowest BCUT2D eigenvalue weighted by atomic mass is 10.5. The van der Waals surface area contributed by atoms with Crippen molar-refractivity contribution < 1.29 is 0 Å². The second-order valence-corrected chi connectivity index (χ2v) is 4.48. The summed E-state index contributed by atoms with van der Waals surface area (Å²) in [4.78, 5) is 11.1. The molecule has 0 spiro atoms. The smallest absolute Gasteiger partial charge is 0.173 e. The highest BCUT2D eigenvalue weighted by atomic mass is 32.2. The Morgan fingerprint density at radius 1 is 1.53 bits per heavy atom. The van der Waals surface area contributed by atoms with E-state index in [2.05, 4.69) is 21.9 Å². The van der Waals surface area contributed by atoms with Crippen LogP contribution in [0.1, 0.15) is 6.92 Å². The van der Waals surface area contributed by atoms with Crippen LogP contribution >= 0.6 is 11.8 Å². The molecular weight excluding hydrogens is 210 g/mol. The second kappa shape index (κ2) is 4.48. The molecule has 2 heterocycles. The monoisotopic (exact) mass is 223 g/mol. The van der Waals surface area contributed by atoms with E-state index in [1.54, 1.807) is 12.7 Å². The van der Waals surface area contributed by atoms with Gasteiger partial charge in [0.15, 0.2) is 11.1 Å². The zero-order valence-electron chi connectivity index (χ0n) is 8.53. The highest BCUT2D eigenvalue weighted by Gasteiger charge is 2.03. The summed E-state index contributed by atoms with van der Waals surface area (Å²) in [6, 6.07) is 0. The van der Waals surface area contributed by atoms with Crippen molar-refractivity contribution in [2.75, 3.05) is 11.5 Å². The van der Waals surface area contributed by atoms with Crippen LogP contribution in [0.2, 0.25) is 0 Å². The van der Waals surface area contributed by atoms with E-state index in [1.165, 1.54) is 0 Å². The molecule has 0 saturated carbocycles. The fourth-order valence-electron chi connectivity index (χ4n) is 1.40. The Morgan fingerprint density at radius 2 is 2.40 bits per heavy atom. The van der Waals surface area contributed by atoms with Crippen LogP contribution in [-0.2, 0) is 6.54 Å². The van der Waals surface area contributed by atoms with Gasteiger partial charge in [-0.3, -0.25) is 5.41 Å². The van der Waals surface area contributed by atoms with Crippen molar-refractivity contribution in [3.63, 3.8) is 0 Å². The minimum absolute atomic E-state index is 0.252. The maximum absolute atomic E-state index is 7.59. The molecule has 0 amide bonds. The molecule has 5 nitrogen and oxygen atoms in total. The molecule has 0 aromatic carbocycles. The molecule has 0 aliphatic carbocycles. The fourth-order valence-corrected chi connectivity index (χ4v) is 2.01. The van der Waals surface area contributed by atoms with E-state index < -0.39 is 0 Å². The van der Waals surface area contributed by atoms with Gasteiger partial charge >= 0.3 is 0 Å². The number of nitrogens with zero attached hydrogens (tertiary/aromatic N) is 3. The highest BCUT2D eigenvalue weighted by molar-refractivity contribution is 7.99. The fraction of sp³-hybridized carbons (Fsp3) is 0.444.